The van der Waals surface area contributed by atoms with Crippen LogP contribution in [0.3, 0.4) is 0 Å². The summed E-state index contributed by atoms with van der Waals surface area (Å²) in [4.78, 5) is 2.27. The zero-order valence-electron chi connectivity index (χ0n) is 16.9. The van der Waals surface area contributed by atoms with Crippen molar-refractivity contribution in [1.82, 2.24) is 15.1 Å². The average Bonchev–Trinajstić information content (AvgIpc) is 2.77. The van der Waals surface area contributed by atoms with E-state index in [2.05, 4.69) is 58.5 Å². The van der Waals surface area contributed by atoms with Crippen molar-refractivity contribution >= 4 is 10.8 Å². The highest BCUT2D eigenvalue weighted by molar-refractivity contribution is 5.83. The first-order valence-electron chi connectivity index (χ1n) is 10.1. The Morgan fingerprint density at radius 3 is 2.42 bits per heavy atom. The van der Waals surface area contributed by atoms with E-state index in [9.17, 15) is 13.2 Å². The maximum atomic E-state index is 12.8. The van der Waals surface area contributed by atoms with Crippen molar-refractivity contribution in [3.63, 3.8) is 0 Å². The lowest BCUT2D eigenvalue weighted by Gasteiger charge is -2.33. The molecule has 0 bridgehead atoms. The van der Waals surface area contributed by atoms with Crippen molar-refractivity contribution in [1.29, 1.82) is 0 Å². The molecule has 0 fully saturated rings. The third-order valence-electron chi connectivity index (χ3n) is 5.88. The molecule has 1 aromatic heterocycles. The van der Waals surface area contributed by atoms with E-state index in [4.69, 9.17) is 0 Å². The van der Waals surface area contributed by atoms with Crippen molar-refractivity contribution in [3.8, 4) is 11.3 Å². The van der Waals surface area contributed by atoms with Crippen molar-refractivity contribution in [2.75, 3.05) is 13.6 Å². The molecule has 0 N–H and O–H groups in total. The molecule has 4 aromatic rings. The number of nitrogens with zero attached hydrogens (tertiary/aromatic N) is 3. The van der Waals surface area contributed by atoms with Gasteiger partial charge in [-0.1, -0.05) is 54.6 Å². The van der Waals surface area contributed by atoms with Crippen LogP contribution in [0.4, 0.5) is 13.2 Å². The number of halogens is 3. The van der Waals surface area contributed by atoms with Crippen molar-refractivity contribution in [3.05, 3.63) is 95.2 Å². The van der Waals surface area contributed by atoms with Crippen molar-refractivity contribution in [2.45, 2.75) is 18.6 Å². The van der Waals surface area contributed by atoms with Gasteiger partial charge in [0.2, 0.25) is 0 Å². The van der Waals surface area contributed by atoms with Crippen LogP contribution in [0.5, 0.6) is 0 Å². The van der Waals surface area contributed by atoms with Crippen LogP contribution >= 0.6 is 0 Å². The Hall–Kier alpha value is -3.25. The van der Waals surface area contributed by atoms with E-state index < -0.39 is 11.9 Å². The molecular weight excluding hydrogens is 399 g/mol. The van der Waals surface area contributed by atoms with Gasteiger partial charge in [-0.3, -0.25) is 0 Å². The molecule has 0 spiro atoms. The Morgan fingerprint density at radius 1 is 0.871 bits per heavy atom. The molecule has 0 saturated carbocycles. The molecule has 1 aliphatic rings. The van der Waals surface area contributed by atoms with Gasteiger partial charge < -0.3 is 4.90 Å². The Labute approximate surface area is 178 Å². The second-order valence-corrected chi connectivity index (χ2v) is 8.07. The molecule has 1 aliphatic heterocycles. The summed E-state index contributed by atoms with van der Waals surface area (Å²) < 4.78 is 38.4. The van der Waals surface area contributed by atoms with E-state index in [0.717, 1.165) is 30.3 Å². The van der Waals surface area contributed by atoms with Gasteiger partial charge in [0, 0.05) is 24.6 Å². The molecule has 156 valence electrons. The van der Waals surface area contributed by atoms with E-state index in [1.807, 2.05) is 24.3 Å². The molecule has 2 heterocycles. The lowest BCUT2D eigenvalue weighted by atomic mass is 9.83. The molecular formula is C25H20F3N3. The fourth-order valence-corrected chi connectivity index (χ4v) is 4.35. The summed E-state index contributed by atoms with van der Waals surface area (Å²) in [6.07, 6.45) is -4.49. The molecule has 31 heavy (non-hydrogen) atoms. The minimum Gasteiger partial charge on any atom is -0.301 e. The quantitative estimate of drug-likeness (QED) is 0.406. The van der Waals surface area contributed by atoms with Crippen LogP contribution in [0, 0.1) is 0 Å². The smallest absolute Gasteiger partial charge is 0.301 e. The number of hydrogen-bond donors (Lipinski definition) is 0. The van der Waals surface area contributed by atoms with Crippen LogP contribution in [0.15, 0.2) is 72.8 Å². The minimum atomic E-state index is -4.49. The normalized spacial score (nSPS) is 17.0. The van der Waals surface area contributed by atoms with Gasteiger partial charge in [0.1, 0.15) is 0 Å². The number of aromatic nitrogens is 2. The third-order valence-corrected chi connectivity index (χ3v) is 5.88. The zero-order chi connectivity index (χ0) is 21.6. The van der Waals surface area contributed by atoms with E-state index in [-0.39, 0.29) is 5.92 Å². The third kappa shape index (κ3) is 3.79. The highest BCUT2D eigenvalue weighted by Gasteiger charge is 2.33. The number of rotatable bonds is 2. The molecule has 0 unspecified atom stereocenters. The predicted octanol–water partition coefficient (Wildman–Crippen LogP) is 5.89. The van der Waals surface area contributed by atoms with Gasteiger partial charge in [-0.15, -0.1) is 10.2 Å². The first kappa shape index (κ1) is 19.7. The summed E-state index contributed by atoms with van der Waals surface area (Å²) in [5.74, 6) is 0.228. The van der Waals surface area contributed by atoms with Gasteiger partial charge in [0.05, 0.1) is 5.69 Å². The predicted molar refractivity (Wildman–Crippen MR) is 115 cm³/mol. The molecule has 6 heteroatoms. The van der Waals surface area contributed by atoms with Crippen molar-refractivity contribution in [2.24, 2.45) is 0 Å². The summed E-state index contributed by atoms with van der Waals surface area (Å²) in [6.45, 7) is 1.69. The van der Waals surface area contributed by atoms with Crippen LogP contribution in [0.2, 0.25) is 0 Å². The highest BCUT2D eigenvalue weighted by atomic mass is 19.4. The van der Waals surface area contributed by atoms with Crippen LogP contribution in [0.1, 0.15) is 28.3 Å². The summed E-state index contributed by atoms with van der Waals surface area (Å²) in [6, 6.07) is 23.3. The molecule has 5 rings (SSSR count). The van der Waals surface area contributed by atoms with Gasteiger partial charge >= 0.3 is 6.18 Å². The topological polar surface area (TPSA) is 29.0 Å². The van der Waals surface area contributed by atoms with E-state index in [1.54, 1.807) is 0 Å². The van der Waals surface area contributed by atoms with E-state index >= 15 is 0 Å². The zero-order valence-corrected chi connectivity index (χ0v) is 16.9. The highest BCUT2D eigenvalue weighted by Crippen LogP contribution is 2.36. The number of hydrogen-bond acceptors (Lipinski definition) is 3. The minimum absolute atomic E-state index is 0.228. The monoisotopic (exact) mass is 419 g/mol. The van der Waals surface area contributed by atoms with Gasteiger partial charge in [-0.2, -0.15) is 13.2 Å². The Kier molecular flexibility index (Phi) is 4.74. The van der Waals surface area contributed by atoms with Crippen LogP contribution in [-0.2, 0) is 12.7 Å². The van der Waals surface area contributed by atoms with Crippen LogP contribution in [0.25, 0.3) is 22.0 Å². The fraction of sp³-hybridized carbons (Fsp3) is 0.200. The van der Waals surface area contributed by atoms with Gasteiger partial charge in [0.25, 0.3) is 0 Å². The Bertz CT molecular complexity index is 1250. The Morgan fingerprint density at radius 2 is 1.68 bits per heavy atom. The second-order valence-electron chi connectivity index (χ2n) is 8.07. The lowest BCUT2D eigenvalue weighted by Crippen LogP contribution is -2.31. The second kappa shape index (κ2) is 7.46. The molecule has 0 aliphatic carbocycles. The molecule has 3 nitrogen and oxygen atoms in total. The first-order chi connectivity index (χ1) is 14.9. The van der Waals surface area contributed by atoms with Crippen LogP contribution in [-0.4, -0.2) is 28.7 Å². The number of benzene rings is 3. The molecule has 3 aromatic carbocycles. The molecule has 1 atom stereocenters. The van der Waals surface area contributed by atoms with Crippen LogP contribution < -0.4 is 0 Å². The summed E-state index contributed by atoms with van der Waals surface area (Å²) in [5, 5.41) is 9.60. The van der Waals surface area contributed by atoms with Crippen molar-refractivity contribution < 1.29 is 13.2 Å². The first-order valence-corrected chi connectivity index (χ1v) is 10.1. The standard InChI is InChI=1S/C25H20F3N3/c1-31-14-20-13-19(23-10-11-24(30-29-23)25(26,27)28)8-9-21(20)22(15-31)18-7-6-16-4-2-3-5-17(16)12-18/h2-13,22H,14-15H2,1H3/t22-/m0/s1. The summed E-state index contributed by atoms with van der Waals surface area (Å²) in [5.41, 5.74) is 3.89. The largest absolute Gasteiger partial charge is 0.435 e. The molecule has 0 radical (unpaired) electrons. The average molecular weight is 419 g/mol. The van der Waals surface area contributed by atoms with E-state index in [1.165, 1.54) is 28.0 Å². The maximum absolute atomic E-state index is 12.8. The van der Waals surface area contributed by atoms with E-state index in [0.29, 0.717) is 5.69 Å². The lowest BCUT2D eigenvalue weighted by molar-refractivity contribution is -0.141. The number of alkyl halides is 3. The number of likely N-dealkylation sites (N-methyl/N-ethyl adjacent to an activating group) is 1. The SMILES string of the molecule is CN1Cc2cc(-c3ccc(C(F)(F)F)nn3)ccc2[C@H](c2ccc3ccccc3c2)C1. The molecule has 0 amide bonds. The van der Waals surface area contributed by atoms with Gasteiger partial charge in [-0.05, 0) is 52.7 Å². The van der Waals surface area contributed by atoms with Gasteiger partial charge in [0.15, 0.2) is 5.69 Å². The summed E-state index contributed by atoms with van der Waals surface area (Å²) in [7, 11) is 2.08. The van der Waals surface area contributed by atoms with Gasteiger partial charge in [-0.25, -0.2) is 0 Å². The summed E-state index contributed by atoms with van der Waals surface area (Å²) >= 11 is 0. The maximum Gasteiger partial charge on any atom is 0.435 e. The molecule has 0 saturated heterocycles. The number of fused-ring (bicyclic) bond motifs is 2. The Balaban J connectivity index is 1.52. The fourth-order valence-electron chi connectivity index (χ4n) is 4.35.